The Labute approximate surface area is 258 Å². The molecule has 0 aliphatic heterocycles. The molecule has 1 heteroatoms. The fourth-order valence-corrected chi connectivity index (χ4v) is 7.93. The highest BCUT2D eigenvalue weighted by Crippen LogP contribution is 2.63. The van der Waals surface area contributed by atoms with E-state index in [1.165, 1.54) is 61.2 Å². The Bertz CT molecular complexity index is 2070. The van der Waals surface area contributed by atoms with Gasteiger partial charge in [0.05, 0.1) is 5.41 Å². The molecule has 208 valence electrons. The summed E-state index contributed by atoms with van der Waals surface area (Å²) in [6, 6.07) is 51.6. The highest BCUT2D eigenvalue weighted by atomic mass is 14.9. The normalized spacial score (nSPS) is 16.3. The van der Waals surface area contributed by atoms with E-state index in [0.717, 1.165) is 17.8 Å². The number of hydrogen-bond donors (Lipinski definition) is 1. The molecule has 1 N–H and O–H groups in total. The van der Waals surface area contributed by atoms with Crippen LogP contribution in [0.2, 0.25) is 0 Å². The predicted molar refractivity (Wildman–Crippen MR) is 184 cm³/mol. The Hall–Kier alpha value is -5.40. The number of nitrogens with one attached hydrogen (secondary N) is 1. The van der Waals surface area contributed by atoms with Gasteiger partial charge < -0.3 is 5.32 Å². The van der Waals surface area contributed by atoms with Crippen LogP contribution in [0.4, 0.5) is 11.4 Å². The summed E-state index contributed by atoms with van der Waals surface area (Å²) in [4.78, 5) is 0. The molecular weight excluding hydrogens is 530 g/mol. The average Bonchev–Trinajstić information content (AvgIpc) is 3.56. The summed E-state index contributed by atoms with van der Waals surface area (Å²) >= 11 is 0. The summed E-state index contributed by atoms with van der Waals surface area (Å²) in [7, 11) is 0. The molecule has 0 saturated heterocycles. The number of allylic oxidation sites excluding steroid dienone is 4. The van der Waals surface area contributed by atoms with Gasteiger partial charge in [0.2, 0.25) is 0 Å². The van der Waals surface area contributed by atoms with E-state index in [1.807, 2.05) is 0 Å². The van der Waals surface area contributed by atoms with Crippen LogP contribution < -0.4 is 5.32 Å². The van der Waals surface area contributed by atoms with E-state index in [0.29, 0.717) is 5.92 Å². The number of hydrogen-bond acceptors (Lipinski definition) is 1. The Morgan fingerprint density at radius 2 is 1.11 bits per heavy atom. The molecule has 1 unspecified atom stereocenters. The minimum absolute atomic E-state index is 0.324. The molecule has 1 spiro atoms. The van der Waals surface area contributed by atoms with Crippen molar-refractivity contribution in [3.63, 3.8) is 0 Å². The van der Waals surface area contributed by atoms with Crippen LogP contribution in [0.3, 0.4) is 0 Å². The predicted octanol–water partition coefficient (Wildman–Crippen LogP) is 11.0. The molecule has 6 aromatic rings. The summed E-state index contributed by atoms with van der Waals surface area (Å²) < 4.78 is 0. The third kappa shape index (κ3) is 3.59. The molecule has 0 bridgehead atoms. The molecule has 0 aromatic heterocycles. The van der Waals surface area contributed by atoms with Crippen LogP contribution >= 0.6 is 0 Å². The van der Waals surface area contributed by atoms with Crippen molar-refractivity contribution in [2.45, 2.75) is 17.8 Å². The highest BCUT2D eigenvalue weighted by Gasteiger charge is 2.51. The number of anilines is 2. The molecule has 3 aliphatic carbocycles. The van der Waals surface area contributed by atoms with Gasteiger partial charge in [-0.15, -0.1) is 0 Å². The van der Waals surface area contributed by atoms with E-state index in [4.69, 9.17) is 0 Å². The van der Waals surface area contributed by atoms with Crippen LogP contribution in [-0.2, 0) is 5.41 Å². The van der Waals surface area contributed by atoms with E-state index in [2.05, 4.69) is 169 Å². The van der Waals surface area contributed by atoms with Gasteiger partial charge in [-0.3, -0.25) is 0 Å². The Morgan fingerprint density at radius 3 is 1.75 bits per heavy atom. The average molecular weight is 562 g/mol. The summed E-state index contributed by atoms with van der Waals surface area (Å²) in [6.45, 7) is 0. The first-order chi connectivity index (χ1) is 21.8. The maximum absolute atomic E-state index is 3.90. The minimum Gasteiger partial charge on any atom is -0.355 e. The van der Waals surface area contributed by atoms with Crippen molar-refractivity contribution in [3.05, 3.63) is 192 Å². The molecule has 1 atom stereocenters. The zero-order valence-corrected chi connectivity index (χ0v) is 24.4. The third-order valence-corrected chi connectivity index (χ3v) is 9.81. The molecule has 0 fully saturated rings. The zero-order chi connectivity index (χ0) is 29.1. The van der Waals surface area contributed by atoms with Crippen molar-refractivity contribution >= 4 is 11.4 Å². The fraction of sp³-hybridized carbons (Fsp3) is 0.0698. The monoisotopic (exact) mass is 561 g/mol. The van der Waals surface area contributed by atoms with Gasteiger partial charge in [0.25, 0.3) is 0 Å². The van der Waals surface area contributed by atoms with Crippen LogP contribution in [0.1, 0.15) is 40.2 Å². The van der Waals surface area contributed by atoms with Crippen molar-refractivity contribution < 1.29 is 0 Å². The Balaban J connectivity index is 1.22. The van der Waals surface area contributed by atoms with E-state index >= 15 is 0 Å². The fourth-order valence-electron chi connectivity index (χ4n) is 7.93. The van der Waals surface area contributed by atoms with E-state index < -0.39 is 0 Å². The molecule has 0 heterocycles. The minimum atomic E-state index is -0.340. The SMILES string of the molecule is C1=CCC(c2cc(-c3ccccc3)ccc2Nc2ccc3c(c2)C2(c4ccccc4-c4ccccc42)c2ccccc2-3)C=C1. The smallest absolute Gasteiger partial charge is 0.0726 e. The lowest BCUT2D eigenvalue weighted by atomic mass is 9.70. The summed E-state index contributed by atoms with van der Waals surface area (Å²) in [5.74, 6) is 0.324. The van der Waals surface area contributed by atoms with E-state index in [-0.39, 0.29) is 5.41 Å². The van der Waals surface area contributed by atoms with Crippen molar-refractivity contribution in [1.29, 1.82) is 0 Å². The van der Waals surface area contributed by atoms with Gasteiger partial charge in [0, 0.05) is 17.3 Å². The standard InChI is InChI=1S/C43H31N/c1-3-13-29(14-4-1)31-23-26-42(37(27-31)30-15-5-2-6-16-30)44-32-24-25-36-35-19-9-12-22-40(35)43(41(36)28-32)38-20-10-7-17-33(38)34-18-8-11-21-39(34)43/h1-15,17-28,30,44H,16H2. The largest absolute Gasteiger partial charge is 0.355 e. The van der Waals surface area contributed by atoms with E-state index in [9.17, 15) is 0 Å². The van der Waals surface area contributed by atoms with E-state index in [1.54, 1.807) is 0 Å². The zero-order valence-electron chi connectivity index (χ0n) is 24.4. The van der Waals surface area contributed by atoms with Gasteiger partial charge in [-0.2, -0.15) is 0 Å². The molecule has 9 rings (SSSR count). The van der Waals surface area contributed by atoms with Crippen LogP contribution in [0.5, 0.6) is 0 Å². The quantitative estimate of drug-likeness (QED) is 0.225. The molecule has 3 aliphatic rings. The van der Waals surface area contributed by atoms with Crippen LogP contribution in [0.25, 0.3) is 33.4 Å². The van der Waals surface area contributed by atoms with Crippen LogP contribution in [0, 0.1) is 0 Å². The Morgan fingerprint density at radius 1 is 0.500 bits per heavy atom. The van der Waals surface area contributed by atoms with Crippen molar-refractivity contribution in [3.8, 4) is 33.4 Å². The topological polar surface area (TPSA) is 12.0 Å². The lowest BCUT2D eigenvalue weighted by Gasteiger charge is -2.30. The lowest BCUT2D eigenvalue weighted by Crippen LogP contribution is -2.25. The number of fused-ring (bicyclic) bond motifs is 10. The first kappa shape index (κ1) is 25.1. The second-order valence-corrected chi connectivity index (χ2v) is 12.1. The maximum Gasteiger partial charge on any atom is 0.0726 e. The lowest BCUT2D eigenvalue weighted by molar-refractivity contribution is 0.794. The highest BCUT2D eigenvalue weighted by molar-refractivity contribution is 5.95. The Kier molecular flexibility index (Phi) is 5.61. The first-order valence-corrected chi connectivity index (χ1v) is 15.6. The maximum atomic E-state index is 3.90. The van der Waals surface area contributed by atoms with Crippen molar-refractivity contribution in [2.75, 3.05) is 5.32 Å². The summed E-state index contributed by atoms with van der Waals surface area (Å²) in [5, 5.41) is 3.90. The molecule has 0 radical (unpaired) electrons. The number of benzene rings is 6. The molecule has 0 saturated carbocycles. The van der Waals surface area contributed by atoms with Crippen LogP contribution in [0.15, 0.2) is 164 Å². The van der Waals surface area contributed by atoms with Gasteiger partial charge >= 0.3 is 0 Å². The van der Waals surface area contributed by atoms with Gasteiger partial charge in [-0.05, 0) is 91.9 Å². The number of rotatable bonds is 4. The third-order valence-electron chi connectivity index (χ3n) is 9.81. The molecule has 0 amide bonds. The summed E-state index contributed by atoms with van der Waals surface area (Å²) in [6.07, 6.45) is 9.93. The van der Waals surface area contributed by atoms with Crippen molar-refractivity contribution in [2.24, 2.45) is 0 Å². The van der Waals surface area contributed by atoms with Crippen molar-refractivity contribution in [1.82, 2.24) is 0 Å². The molecule has 44 heavy (non-hydrogen) atoms. The van der Waals surface area contributed by atoms with Gasteiger partial charge in [0.15, 0.2) is 0 Å². The molecule has 6 aromatic carbocycles. The van der Waals surface area contributed by atoms with Gasteiger partial charge in [-0.25, -0.2) is 0 Å². The first-order valence-electron chi connectivity index (χ1n) is 15.6. The van der Waals surface area contributed by atoms with Crippen LogP contribution in [-0.4, -0.2) is 0 Å². The van der Waals surface area contributed by atoms with Gasteiger partial charge in [-0.1, -0.05) is 140 Å². The molecular formula is C43H31N. The van der Waals surface area contributed by atoms with Gasteiger partial charge in [0.1, 0.15) is 0 Å². The summed E-state index contributed by atoms with van der Waals surface area (Å²) in [5.41, 5.74) is 16.5. The molecule has 1 nitrogen and oxygen atoms in total. The second kappa shape index (κ2) is 9.82. The second-order valence-electron chi connectivity index (χ2n) is 12.1.